The van der Waals surface area contributed by atoms with Gasteiger partial charge >= 0.3 is 5.97 Å². The standard InChI is InChI=1S/C19H19NO8/c1-3-26-16-5-4-12(8-17(16)24-2)19(21)27-10-14-7-15(20(22)23)6-13-9-25-11-28-18(13)14/h4-8H,3,9-11H2,1-2H3. The van der Waals surface area contributed by atoms with Crippen molar-refractivity contribution in [2.75, 3.05) is 20.5 Å². The van der Waals surface area contributed by atoms with Gasteiger partial charge in [-0.3, -0.25) is 10.1 Å². The number of nitrogens with zero attached hydrogens (tertiary/aromatic N) is 1. The van der Waals surface area contributed by atoms with Crippen LogP contribution in [0.25, 0.3) is 0 Å². The van der Waals surface area contributed by atoms with E-state index in [-0.39, 0.29) is 31.3 Å². The Morgan fingerprint density at radius 2 is 2.07 bits per heavy atom. The number of non-ortho nitro benzene ring substituents is 1. The van der Waals surface area contributed by atoms with Gasteiger partial charge in [0.2, 0.25) is 0 Å². The van der Waals surface area contributed by atoms with E-state index in [0.29, 0.717) is 35.0 Å². The fourth-order valence-electron chi connectivity index (χ4n) is 2.79. The number of benzene rings is 2. The smallest absolute Gasteiger partial charge is 0.338 e. The zero-order chi connectivity index (χ0) is 20.1. The lowest BCUT2D eigenvalue weighted by Crippen LogP contribution is -2.15. The van der Waals surface area contributed by atoms with E-state index in [4.69, 9.17) is 23.7 Å². The molecular formula is C19H19NO8. The number of carbonyl (C=O) groups excluding carboxylic acids is 1. The average molecular weight is 389 g/mol. The molecule has 0 fully saturated rings. The van der Waals surface area contributed by atoms with Gasteiger partial charge in [0.15, 0.2) is 18.3 Å². The summed E-state index contributed by atoms with van der Waals surface area (Å²) in [5.41, 5.74) is 1.08. The van der Waals surface area contributed by atoms with Crippen LogP contribution >= 0.6 is 0 Å². The minimum absolute atomic E-state index is 0.0296. The van der Waals surface area contributed by atoms with Crippen molar-refractivity contribution in [3.05, 3.63) is 57.1 Å². The van der Waals surface area contributed by atoms with E-state index in [1.807, 2.05) is 6.92 Å². The van der Waals surface area contributed by atoms with Crippen LogP contribution in [0.1, 0.15) is 28.4 Å². The molecule has 1 aliphatic rings. The van der Waals surface area contributed by atoms with E-state index in [1.54, 1.807) is 12.1 Å². The van der Waals surface area contributed by atoms with Gasteiger partial charge in [0.1, 0.15) is 12.4 Å². The van der Waals surface area contributed by atoms with Crippen molar-refractivity contribution in [2.45, 2.75) is 20.1 Å². The number of nitro benzene ring substituents is 1. The number of hydrogen-bond acceptors (Lipinski definition) is 8. The molecule has 3 rings (SSSR count). The van der Waals surface area contributed by atoms with E-state index in [0.717, 1.165) is 0 Å². The number of rotatable bonds is 7. The summed E-state index contributed by atoms with van der Waals surface area (Å²) in [7, 11) is 1.47. The number of hydrogen-bond donors (Lipinski definition) is 0. The van der Waals surface area contributed by atoms with Gasteiger partial charge in [-0.15, -0.1) is 0 Å². The third-order valence-corrected chi connectivity index (χ3v) is 4.04. The first kappa shape index (κ1) is 19.4. The Labute approximate surface area is 160 Å². The van der Waals surface area contributed by atoms with Crippen molar-refractivity contribution in [1.82, 2.24) is 0 Å². The second-order valence-electron chi connectivity index (χ2n) is 5.84. The van der Waals surface area contributed by atoms with Crippen molar-refractivity contribution < 1.29 is 33.4 Å². The SMILES string of the molecule is CCOc1ccc(C(=O)OCc2cc([N+](=O)[O-])cc3c2OCOC3)cc1OC. The van der Waals surface area contributed by atoms with E-state index >= 15 is 0 Å². The molecule has 0 aliphatic carbocycles. The molecule has 2 aromatic carbocycles. The number of methoxy groups -OCH3 is 1. The lowest BCUT2D eigenvalue weighted by molar-refractivity contribution is -0.385. The summed E-state index contributed by atoms with van der Waals surface area (Å²) in [6.07, 6.45) is 0. The fraction of sp³-hybridized carbons (Fsp3) is 0.316. The monoisotopic (exact) mass is 389 g/mol. The molecule has 148 valence electrons. The summed E-state index contributed by atoms with van der Waals surface area (Å²) >= 11 is 0. The van der Waals surface area contributed by atoms with Crippen LogP contribution < -0.4 is 14.2 Å². The summed E-state index contributed by atoms with van der Waals surface area (Å²) < 4.78 is 26.6. The van der Waals surface area contributed by atoms with E-state index < -0.39 is 10.9 Å². The molecule has 0 atom stereocenters. The zero-order valence-electron chi connectivity index (χ0n) is 15.4. The fourth-order valence-corrected chi connectivity index (χ4v) is 2.79. The average Bonchev–Trinajstić information content (AvgIpc) is 2.71. The molecule has 0 unspecified atom stereocenters. The maximum atomic E-state index is 12.4. The predicted molar refractivity (Wildman–Crippen MR) is 96.7 cm³/mol. The van der Waals surface area contributed by atoms with E-state index in [2.05, 4.69) is 0 Å². The molecule has 0 bridgehead atoms. The zero-order valence-corrected chi connectivity index (χ0v) is 15.4. The van der Waals surface area contributed by atoms with Crippen LogP contribution in [0.3, 0.4) is 0 Å². The molecule has 0 aromatic heterocycles. The second-order valence-corrected chi connectivity index (χ2v) is 5.84. The third kappa shape index (κ3) is 4.15. The summed E-state index contributed by atoms with van der Waals surface area (Å²) in [6, 6.07) is 7.41. The summed E-state index contributed by atoms with van der Waals surface area (Å²) in [6.45, 7) is 2.34. The number of esters is 1. The predicted octanol–water partition coefficient (Wildman–Crippen LogP) is 3.23. The largest absolute Gasteiger partial charge is 0.493 e. The van der Waals surface area contributed by atoms with Gasteiger partial charge in [0.05, 0.1) is 30.8 Å². The van der Waals surface area contributed by atoms with Gasteiger partial charge in [-0.2, -0.15) is 0 Å². The van der Waals surface area contributed by atoms with Crippen LogP contribution in [0.5, 0.6) is 17.2 Å². The Hall–Kier alpha value is -3.33. The molecule has 28 heavy (non-hydrogen) atoms. The van der Waals surface area contributed by atoms with Gasteiger partial charge < -0.3 is 23.7 Å². The molecular weight excluding hydrogens is 370 g/mol. The Bertz CT molecular complexity index is 896. The minimum atomic E-state index is -0.603. The lowest BCUT2D eigenvalue weighted by Gasteiger charge is -2.20. The van der Waals surface area contributed by atoms with Crippen LogP contribution in [0.2, 0.25) is 0 Å². The van der Waals surface area contributed by atoms with Gasteiger partial charge in [0.25, 0.3) is 5.69 Å². The van der Waals surface area contributed by atoms with Crippen LogP contribution in [0.4, 0.5) is 5.69 Å². The highest BCUT2D eigenvalue weighted by atomic mass is 16.7. The van der Waals surface area contributed by atoms with E-state index in [1.165, 1.54) is 25.3 Å². The molecule has 0 saturated heterocycles. The number of carbonyl (C=O) groups is 1. The Balaban J connectivity index is 1.79. The Morgan fingerprint density at radius 1 is 1.25 bits per heavy atom. The number of fused-ring (bicyclic) bond motifs is 1. The summed E-state index contributed by atoms with van der Waals surface area (Å²) in [5, 5.41) is 11.1. The molecule has 0 spiro atoms. The first-order chi connectivity index (χ1) is 13.5. The van der Waals surface area contributed by atoms with Crippen molar-refractivity contribution in [3.63, 3.8) is 0 Å². The third-order valence-electron chi connectivity index (χ3n) is 4.04. The Kier molecular flexibility index (Phi) is 5.95. The number of ether oxygens (including phenoxy) is 5. The van der Waals surface area contributed by atoms with Crippen molar-refractivity contribution in [1.29, 1.82) is 0 Å². The number of nitro groups is 1. The topological polar surface area (TPSA) is 106 Å². The molecule has 0 amide bonds. The molecule has 0 N–H and O–H groups in total. The molecule has 9 heteroatoms. The first-order valence-corrected chi connectivity index (χ1v) is 8.52. The van der Waals surface area contributed by atoms with Crippen molar-refractivity contribution in [3.8, 4) is 17.2 Å². The van der Waals surface area contributed by atoms with Gasteiger partial charge in [0, 0.05) is 23.3 Å². The van der Waals surface area contributed by atoms with Gasteiger partial charge in [-0.25, -0.2) is 4.79 Å². The van der Waals surface area contributed by atoms with Gasteiger partial charge in [-0.05, 0) is 25.1 Å². The maximum Gasteiger partial charge on any atom is 0.338 e. The van der Waals surface area contributed by atoms with Crippen molar-refractivity contribution >= 4 is 11.7 Å². The Morgan fingerprint density at radius 3 is 2.79 bits per heavy atom. The normalized spacial score (nSPS) is 12.5. The highest BCUT2D eigenvalue weighted by molar-refractivity contribution is 5.90. The maximum absolute atomic E-state index is 12.4. The highest BCUT2D eigenvalue weighted by Gasteiger charge is 2.22. The summed E-state index contributed by atoms with van der Waals surface area (Å²) in [5.74, 6) is 0.759. The quantitative estimate of drug-likeness (QED) is 0.404. The second kappa shape index (κ2) is 8.57. The van der Waals surface area contributed by atoms with Crippen molar-refractivity contribution in [2.24, 2.45) is 0 Å². The van der Waals surface area contributed by atoms with Crippen LogP contribution in [-0.2, 0) is 22.7 Å². The molecule has 1 aliphatic heterocycles. The van der Waals surface area contributed by atoms with Gasteiger partial charge in [-0.1, -0.05) is 0 Å². The summed E-state index contributed by atoms with van der Waals surface area (Å²) in [4.78, 5) is 23.1. The molecule has 0 saturated carbocycles. The minimum Gasteiger partial charge on any atom is -0.493 e. The van der Waals surface area contributed by atoms with Crippen LogP contribution in [0.15, 0.2) is 30.3 Å². The van der Waals surface area contributed by atoms with Crippen LogP contribution in [-0.4, -0.2) is 31.4 Å². The molecule has 2 aromatic rings. The molecule has 1 heterocycles. The van der Waals surface area contributed by atoms with Crippen LogP contribution in [0, 0.1) is 10.1 Å². The van der Waals surface area contributed by atoms with E-state index in [9.17, 15) is 14.9 Å². The molecule has 0 radical (unpaired) electrons. The highest BCUT2D eigenvalue weighted by Crippen LogP contribution is 2.33. The lowest BCUT2D eigenvalue weighted by atomic mass is 10.1. The first-order valence-electron chi connectivity index (χ1n) is 8.52. The molecule has 9 nitrogen and oxygen atoms in total.